The van der Waals surface area contributed by atoms with Crippen molar-refractivity contribution in [1.82, 2.24) is 0 Å². The van der Waals surface area contributed by atoms with Crippen LogP contribution in [0.5, 0.6) is 0 Å². The summed E-state index contributed by atoms with van der Waals surface area (Å²) in [5, 5.41) is 1.01. The average molecular weight is 150 g/mol. The van der Waals surface area contributed by atoms with Gasteiger partial charge in [-0.25, -0.2) is 0 Å². The van der Waals surface area contributed by atoms with Crippen LogP contribution in [0.4, 0.5) is 0 Å². The molecule has 1 heterocycles. The van der Waals surface area contributed by atoms with Crippen LogP contribution in [-0.2, 0) is 4.57 Å². The zero-order valence-corrected chi connectivity index (χ0v) is 6.37. The molecule has 0 spiro atoms. The SMILES string of the molecule is O=[PH]1C=CC=C2C=CC=C21. The van der Waals surface area contributed by atoms with Crippen LogP contribution >= 0.6 is 7.80 Å². The Labute approximate surface area is 60.2 Å². The summed E-state index contributed by atoms with van der Waals surface area (Å²) in [7, 11) is -1.57. The van der Waals surface area contributed by atoms with Crippen LogP contribution in [0.3, 0.4) is 0 Å². The molecule has 1 aliphatic carbocycles. The zero-order valence-electron chi connectivity index (χ0n) is 5.37. The van der Waals surface area contributed by atoms with Gasteiger partial charge in [0, 0.05) is 5.31 Å². The second-order valence-corrected chi connectivity index (χ2v) is 3.89. The summed E-state index contributed by atoms with van der Waals surface area (Å²) < 4.78 is 11.2. The van der Waals surface area contributed by atoms with Crippen LogP contribution in [0.25, 0.3) is 0 Å². The maximum atomic E-state index is 11.2. The highest BCUT2D eigenvalue weighted by atomic mass is 31.1. The monoisotopic (exact) mass is 150 g/mol. The van der Waals surface area contributed by atoms with Gasteiger partial charge in [-0.15, -0.1) is 0 Å². The topological polar surface area (TPSA) is 17.1 Å². The van der Waals surface area contributed by atoms with E-state index in [-0.39, 0.29) is 0 Å². The van der Waals surface area contributed by atoms with Crippen LogP contribution in [0.1, 0.15) is 0 Å². The number of fused-ring (bicyclic) bond motifs is 1. The largest absolute Gasteiger partial charge is 0.318 e. The Morgan fingerprint density at radius 3 is 2.90 bits per heavy atom. The van der Waals surface area contributed by atoms with Gasteiger partial charge in [-0.05, 0) is 11.4 Å². The van der Waals surface area contributed by atoms with Crippen molar-refractivity contribution in [3.8, 4) is 0 Å². The van der Waals surface area contributed by atoms with Gasteiger partial charge in [0.1, 0.15) is 7.80 Å². The fourth-order valence-electron chi connectivity index (χ4n) is 1.13. The Balaban J connectivity index is 2.54. The molecule has 1 aliphatic heterocycles. The quantitative estimate of drug-likeness (QED) is 0.485. The van der Waals surface area contributed by atoms with Gasteiger partial charge < -0.3 is 4.57 Å². The van der Waals surface area contributed by atoms with Crippen molar-refractivity contribution in [3.05, 3.63) is 47.1 Å². The minimum atomic E-state index is -1.57. The van der Waals surface area contributed by atoms with E-state index >= 15 is 0 Å². The van der Waals surface area contributed by atoms with Crippen molar-refractivity contribution in [3.63, 3.8) is 0 Å². The molecular formula is C8H7OP. The highest BCUT2D eigenvalue weighted by Gasteiger charge is 2.12. The van der Waals surface area contributed by atoms with Crippen molar-refractivity contribution < 1.29 is 4.57 Å². The molecule has 2 aliphatic rings. The Morgan fingerprint density at radius 1 is 1.20 bits per heavy atom. The third-order valence-electron chi connectivity index (χ3n) is 1.64. The third kappa shape index (κ3) is 0.748. The van der Waals surface area contributed by atoms with Crippen molar-refractivity contribution in [2.24, 2.45) is 0 Å². The summed E-state index contributed by atoms with van der Waals surface area (Å²) in [4.78, 5) is 0. The van der Waals surface area contributed by atoms with E-state index in [0.717, 1.165) is 10.9 Å². The summed E-state index contributed by atoms with van der Waals surface area (Å²) in [6.07, 6.45) is 9.71. The summed E-state index contributed by atoms with van der Waals surface area (Å²) in [6, 6.07) is 0. The van der Waals surface area contributed by atoms with Crippen LogP contribution in [-0.4, -0.2) is 0 Å². The zero-order chi connectivity index (χ0) is 6.97. The summed E-state index contributed by atoms with van der Waals surface area (Å²) in [5.74, 6) is 1.77. The first-order valence-electron chi connectivity index (χ1n) is 3.19. The van der Waals surface area contributed by atoms with E-state index in [4.69, 9.17) is 0 Å². The molecule has 1 nitrogen and oxygen atoms in total. The minimum absolute atomic E-state index is 1.01. The van der Waals surface area contributed by atoms with E-state index < -0.39 is 7.80 Å². The lowest BCUT2D eigenvalue weighted by Crippen LogP contribution is -1.78. The van der Waals surface area contributed by atoms with Crippen molar-refractivity contribution >= 4 is 7.80 Å². The van der Waals surface area contributed by atoms with Crippen molar-refractivity contribution in [2.75, 3.05) is 0 Å². The van der Waals surface area contributed by atoms with Crippen LogP contribution in [0.2, 0.25) is 0 Å². The molecule has 2 rings (SSSR count). The normalized spacial score (nSPS) is 27.8. The second-order valence-electron chi connectivity index (χ2n) is 2.28. The fourth-order valence-corrected chi connectivity index (χ4v) is 2.29. The van der Waals surface area contributed by atoms with Crippen molar-refractivity contribution in [1.29, 1.82) is 0 Å². The van der Waals surface area contributed by atoms with Gasteiger partial charge in [0.2, 0.25) is 0 Å². The van der Waals surface area contributed by atoms with E-state index in [1.165, 1.54) is 0 Å². The Morgan fingerprint density at radius 2 is 2.10 bits per heavy atom. The van der Waals surface area contributed by atoms with Gasteiger partial charge >= 0.3 is 0 Å². The standard InChI is InChI=1S/C8H7OP/c9-10-6-2-4-7-3-1-5-8(7)10/h1-6,10H. The Hall–Kier alpha value is -0.810. The smallest absolute Gasteiger partial charge is 0.125 e. The molecular weight excluding hydrogens is 143 g/mol. The van der Waals surface area contributed by atoms with E-state index in [9.17, 15) is 4.57 Å². The number of allylic oxidation sites excluding steroid dienone is 7. The first kappa shape index (κ1) is 5.94. The van der Waals surface area contributed by atoms with Gasteiger partial charge in [0.15, 0.2) is 0 Å². The van der Waals surface area contributed by atoms with Gasteiger partial charge in [-0.1, -0.05) is 30.4 Å². The molecule has 0 saturated carbocycles. The summed E-state index contributed by atoms with van der Waals surface area (Å²) in [5.41, 5.74) is 1.12. The number of hydrogen-bond donors (Lipinski definition) is 0. The first-order chi connectivity index (χ1) is 4.88. The maximum absolute atomic E-state index is 11.2. The maximum Gasteiger partial charge on any atom is 0.125 e. The van der Waals surface area contributed by atoms with E-state index in [0.29, 0.717) is 0 Å². The van der Waals surface area contributed by atoms with E-state index in [1.807, 2.05) is 30.4 Å². The molecule has 1 unspecified atom stereocenters. The molecule has 0 aromatic heterocycles. The molecule has 0 amide bonds. The highest BCUT2D eigenvalue weighted by molar-refractivity contribution is 7.53. The molecule has 0 radical (unpaired) electrons. The lowest BCUT2D eigenvalue weighted by molar-refractivity contribution is 0.596. The Kier molecular flexibility index (Phi) is 1.25. The fraction of sp³-hybridized carbons (Fsp3) is 0. The molecule has 1 atom stereocenters. The lowest BCUT2D eigenvalue weighted by Gasteiger charge is -2.03. The molecule has 10 heavy (non-hydrogen) atoms. The van der Waals surface area contributed by atoms with E-state index in [1.54, 1.807) is 5.82 Å². The van der Waals surface area contributed by atoms with Crippen LogP contribution < -0.4 is 0 Å². The predicted octanol–water partition coefficient (Wildman–Crippen LogP) is 2.45. The molecule has 0 fully saturated rings. The van der Waals surface area contributed by atoms with Gasteiger partial charge in [-0.2, -0.15) is 0 Å². The molecule has 50 valence electrons. The van der Waals surface area contributed by atoms with Crippen molar-refractivity contribution in [2.45, 2.75) is 0 Å². The van der Waals surface area contributed by atoms with Gasteiger partial charge in [0.05, 0.1) is 0 Å². The minimum Gasteiger partial charge on any atom is -0.318 e. The third-order valence-corrected chi connectivity index (χ3v) is 3.12. The highest BCUT2D eigenvalue weighted by Crippen LogP contribution is 2.44. The summed E-state index contributed by atoms with van der Waals surface area (Å²) in [6.45, 7) is 0. The summed E-state index contributed by atoms with van der Waals surface area (Å²) >= 11 is 0. The molecule has 2 heteroatoms. The van der Waals surface area contributed by atoms with Gasteiger partial charge in [0.25, 0.3) is 0 Å². The number of hydrogen-bond acceptors (Lipinski definition) is 1. The van der Waals surface area contributed by atoms with Crippen LogP contribution in [0.15, 0.2) is 47.1 Å². The predicted molar refractivity (Wildman–Crippen MR) is 43.4 cm³/mol. The molecule has 0 aromatic rings. The first-order valence-corrected chi connectivity index (χ1v) is 4.68. The lowest BCUT2D eigenvalue weighted by atomic mass is 10.3. The van der Waals surface area contributed by atoms with Crippen LogP contribution in [0, 0.1) is 0 Å². The Bertz CT molecular complexity index is 299. The molecule has 0 aromatic carbocycles. The average Bonchev–Trinajstić information content (AvgIpc) is 2.36. The van der Waals surface area contributed by atoms with E-state index in [2.05, 4.69) is 0 Å². The van der Waals surface area contributed by atoms with Gasteiger partial charge in [-0.3, -0.25) is 0 Å². The second kappa shape index (κ2) is 2.10. The number of rotatable bonds is 0. The molecule has 0 N–H and O–H groups in total. The molecule has 0 saturated heterocycles. The molecule has 0 bridgehead atoms.